The van der Waals surface area contributed by atoms with Crippen molar-refractivity contribution in [3.8, 4) is 5.75 Å². The highest BCUT2D eigenvalue weighted by Gasteiger charge is 2.31. The van der Waals surface area contributed by atoms with Crippen LogP contribution in [0.15, 0.2) is 30.3 Å². The second kappa shape index (κ2) is 9.71. The van der Waals surface area contributed by atoms with Gasteiger partial charge in [-0.15, -0.1) is 0 Å². The fourth-order valence-electron chi connectivity index (χ4n) is 4.49. The van der Waals surface area contributed by atoms with Crippen LogP contribution in [0.25, 0.3) is 10.2 Å². The summed E-state index contributed by atoms with van der Waals surface area (Å²) in [5.41, 5.74) is 0.108. The number of rotatable bonds is 6. The van der Waals surface area contributed by atoms with Gasteiger partial charge in [-0.3, -0.25) is 15.0 Å². The molecular weight excluding hydrogens is 487 g/mol. The number of aromatic hydroxyl groups is 1. The van der Waals surface area contributed by atoms with E-state index in [1.54, 1.807) is 6.07 Å². The van der Waals surface area contributed by atoms with Crippen molar-refractivity contribution >= 4 is 44.2 Å². The predicted molar refractivity (Wildman–Crippen MR) is 129 cm³/mol. The lowest BCUT2D eigenvalue weighted by Crippen LogP contribution is -2.33. The minimum absolute atomic E-state index is 0.00594. The van der Waals surface area contributed by atoms with Crippen LogP contribution in [0.3, 0.4) is 0 Å². The summed E-state index contributed by atoms with van der Waals surface area (Å²) in [5, 5.41) is 13.9. The maximum atomic E-state index is 13.0. The van der Waals surface area contributed by atoms with Crippen LogP contribution in [-0.4, -0.2) is 33.5 Å². The van der Waals surface area contributed by atoms with Gasteiger partial charge in [-0.1, -0.05) is 36.8 Å². The van der Waals surface area contributed by atoms with Gasteiger partial charge in [0, 0.05) is 23.2 Å². The van der Waals surface area contributed by atoms with Gasteiger partial charge in [-0.25, -0.2) is 4.98 Å². The number of hydrogen-bond acceptors (Lipinski definition) is 5. The zero-order chi connectivity index (χ0) is 24.6. The summed E-state index contributed by atoms with van der Waals surface area (Å²) in [4.78, 5) is 19.4. The van der Waals surface area contributed by atoms with Gasteiger partial charge in [0.2, 0.25) is 0 Å². The molecule has 0 aliphatic heterocycles. The Morgan fingerprint density at radius 3 is 2.71 bits per heavy atom. The molecule has 3 aromatic rings. The maximum Gasteiger partial charge on any atom is 0.416 e. The summed E-state index contributed by atoms with van der Waals surface area (Å²) in [5.74, 6) is -0.130. The first-order valence-corrected chi connectivity index (χ1v) is 12.3. The van der Waals surface area contributed by atoms with Crippen LogP contribution in [0.2, 0.25) is 5.02 Å². The number of anilines is 1. The smallest absolute Gasteiger partial charge is 0.416 e. The van der Waals surface area contributed by atoms with Crippen molar-refractivity contribution in [2.75, 3.05) is 11.9 Å². The lowest BCUT2D eigenvalue weighted by molar-refractivity contribution is -0.137. The molecule has 34 heavy (non-hydrogen) atoms. The molecule has 182 valence electrons. The largest absolute Gasteiger partial charge is 0.507 e. The first-order chi connectivity index (χ1) is 16.0. The molecule has 4 rings (SSSR count). The molecule has 1 aromatic heterocycles. The van der Waals surface area contributed by atoms with Crippen molar-refractivity contribution < 1.29 is 23.1 Å². The van der Waals surface area contributed by atoms with Crippen molar-refractivity contribution in [3.05, 3.63) is 52.0 Å². The standard InChI is InChI=1S/C24H25ClF3N3O2S/c1-3-31(17-6-4-13(2)8-17)12-14-9-16(25)11-18(21(14)32)22(33)30-23-29-19-7-5-15(24(26,27)28)10-20(19)34-23/h5,7,9-11,13,17,32H,3-4,6,8,12H2,1-2H3,(H,29,30,33). The summed E-state index contributed by atoms with van der Waals surface area (Å²) in [7, 11) is 0. The molecule has 0 spiro atoms. The van der Waals surface area contributed by atoms with Gasteiger partial charge in [0.15, 0.2) is 5.13 Å². The van der Waals surface area contributed by atoms with E-state index in [4.69, 9.17) is 11.6 Å². The second-order valence-electron chi connectivity index (χ2n) is 8.75. The summed E-state index contributed by atoms with van der Waals surface area (Å²) >= 11 is 7.20. The SMILES string of the molecule is CCN(Cc1cc(Cl)cc(C(=O)Nc2nc3ccc(C(F)(F)F)cc3s2)c1O)C1CCC(C)C1. The molecule has 2 atom stereocenters. The number of carbonyl (C=O) groups excluding carboxylic acids is 1. The Labute approximate surface area is 204 Å². The Morgan fingerprint density at radius 2 is 2.06 bits per heavy atom. The first kappa shape index (κ1) is 24.8. The van der Waals surface area contributed by atoms with Crippen LogP contribution >= 0.6 is 22.9 Å². The van der Waals surface area contributed by atoms with Gasteiger partial charge in [-0.05, 0) is 62.1 Å². The number of phenols is 1. The summed E-state index contributed by atoms with van der Waals surface area (Å²) in [6, 6.07) is 6.67. The third-order valence-electron chi connectivity index (χ3n) is 6.30. The number of amides is 1. The number of benzene rings is 2. The molecule has 1 fully saturated rings. The molecular formula is C24H25ClF3N3O2S. The number of nitrogens with zero attached hydrogens (tertiary/aromatic N) is 2. The highest BCUT2D eigenvalue weighted by Crippen LogP contribution is 2.36. The lowest BCUT2D eigenvalue weighted by atomic mass is 10.1. The van der Waals surface area contributed by atoms with Crippen LogP contribution < -0.4 is 5.32 Å². The first-order valence-electron chi connectivity index (χ1n) is 11.1. The van der Waals surface area contributed by atoms with Crippen LogP contribution in [0.1, 0.15) is 54.6 Å². The number of fused-ring (bicyclic) bond motifs is 1. The van der Waals surface area contributed by atoms with Crippen LogP contribution in [-0.2, 0) is 12.7 Å². The van der Waals surface area contributed by atoms with E-state index in [-0.39, 0.29) is 16.4 Å². The summed E-state index contributed by atoms with van der Waals surface area (Å²) in [6.07, 6.45) is -1.11. The maximum absolute atomic E-state index is 13.0. The van der Waals surface area contributed by atoms with Gasteiger partial charge in [-0.2, -0.15) is 13.2 Å². The second-order valence-corrected chi connectivity index (χ2v) is 10.2. The molecule has 1 saturated carbocycles. The number of nitrogens with one attached hydrogen (secondary N) is 1. The fraction of sp³-hybridized carbons (Fsp3) is 0.417. The van der Waals surface area contributed by atoms with Gasteiger partial charge in [0.25, 0.3) is 5.91 Å². The molecule has 2 unspecified atom stereocenters. The molecule has 2 N–H and O–H groups in total. The van der Waals surface area contributed by atoms with Crippen molar-refractivity contribution in [3.63, 3.8) is 0 Å². The zero-order valence-corrected chi connectivity index (χ0v) is 20.3. The molecule has 5 nitrogen and oxygen atoms in total. The molecule has 10 heteroatoms. The molecule has 1 aliphatic rings. The number of alkyl halides is 3. The lowest BCUT2D eigenvalue weighted by Gasteiger charge is -2.28. The van der Waals surface area contributed by atoms with Crippen molar-refractivity contribution in [1.82, 2.24) is 9.88 Å². The monoisotopic (exact) mass is 511 g/mol. The van der Waals surface area contributed by atoms with E-state index < -0.39 is 17.6 Å². The van der Waals surface area contributed by atoms with E-state index in [2.05, 4.69) is 29.0 Å². The highest BCUT2D eigenvalue weighted by molar-refractivity contribution is 7.22. The Balaban J connectivity index is 1.56. The van der Waals surface area contributed by atoms with Gasteiger partial charge in [0.1, 0.15) is 5.75 Å². The number of hydrogen-bond donors (Lipinski definition) is 2. The fourth-order valence-corrected chi connectivity index (χ4v) is 5.64. The van der Waals surface area contributed by atoms with Crippen molar-refractivity contribution in [2.24, 2.45) is 5.92 Å². The predicted octanol–water partition coefficient (Wildman–Crippen LogP) is 6.94. The van der Waals surface area contributed by atoms with E-state index in [1.165, 1.54) is 18.6 Å². The van der Waals surface area contributed by atoms with Crippen molar-refractivity contribution in [1.29, 1.82) is 0 Å². The Morgan fingerprint density at radius 1 is 1.29 bits per heavy atom. The van der Waals surface area contributed by atoms with Crippen molar-refractivity contribution in [2.45, 2.75) is 51.9 Å². The van der Waals surface area contributed by atoms with E-state index in [1.807, 2.05) is 0 Å². The number of halogens is 4. The zero-order valence-electron chi connectivity index (χ0n) is 18.7. The summed E-state index contributed by atoms with van der Waals surface area (Å²) < 4.78 is 39.2. The van der Waals surface area contributed by atoms with Crippen LogP contribution in [0.4, 0.5) is 18.3 Å². The normalized spacial score (nSPS) is 18.7. The molecule has 1 amide bonds. The Bertz CT molecular complexity index is 1210. The molecule has 0 bridgehead atoms. The highest BCUT2D eigenvalue weighted by atomic mass is 35.5. The molecule has 2 aromatic carbocycles. The Kier molecular flexibility index (Phi) is 7.07. The Hall–Kier alpha value is -2.36. The van der Waals surface area contributed by atoms with Gasteiger partial charge >= 0.3 is 6.18 Å². The third kappa shape index (κ3) is 5.31. The average molecular weight is 512 g/mol. The quantitative estimate of drug-likeness (QED) is 0.376. The van der Waals surface area contributed by atoms with Gasteiger partial charge in [0.05, 0.1) is 21.3 Å². The van der Waals surface area contributed by atoms with Crippen LogP contribution in [0.5, 0.6) is 5.75 Å². The molecule has 0 saturated heterocycles. The molecule has 0 radical (unpaired) electrons. The third-order valence-corrected chi connectivity index (χ3v) is 7.45. The topological polar surface area (TPSA) is 65.5 Å². The number of thiazole rings is 1. The number of phenolic OH excluding ortho intramolecular Hbond substituents is 1. The molecule has 1 aliphatic carbocycles. The van der Waals surface area contributed by atoms with Gasteiger partial charge < -0.3 is 5.11 Å². The van der Waals surface area contributed by atoms with E-state index >= 15 is 0 Å². The average Bonchev–Trinajstić information content (AvgIpc) is 3.38. The minimum Gasteiger partial charge on any atom is -0.507 e. The van der Waals surface area contributed by atoms with Crippen LogP contribution in [0, 0.1) is 5.92 Å². The van der Waals surface area contributed by atoms with E-state index in [9.17, 15) is 23.1 Å². The van der Waals surface area contributed by atoms with E-state index in [0.717, 1.165) is 42.9 Å². The van der Waals surface area contributed by atoms with E-state index in [0.29, 0.717) is 39.3 Å². The minimum atomic E-state index is -4.46. The number of carbonyl (C=O) groups is 1. The number of aromatic nitrogens is 1. The summed E-state index contributed by atoms with van der Waals surface area (Å²) in [6.45, 7) is 5.56. The molecule has 1 heterocycles.